The number of methoxy groups -OCH3 is 1. The van der Waals surface area contributed by atoms with Crippen LogP contribution in [0.3, 0.4) is 0 Å². The van der Waals surface area contributed by atoms with Crippen LogP contribution in [0.5, 0.6) is 0 Å². The highest BCUT2D eigenvalue weighted by atomic mass is 16.5. The molecule has 0 radical (unpaired) electrons. The van der Waals surface area contributed by atoms with E-state index in [2.05, 4.69) is 10.7 Å². The summed E-state index contributed by atoms with van der Waals surface area (Å²) >= 11 is 0. The van der Waals surface area contributed by atoms with E-state index < -0.39 is 0 Å². The Hall–Kier alpha value is -0.970. The number of carbonyl (C=O) groups is 1. The second-order valence-corrected chi connectivity index (χ2v) is 2.90. The normalized spacial score (nSPS) is 29.5. The van der Waals surface area contributed by atoms with Gasteiger partial charge in [-0.05, 0) is 19.3 Å². The van der Waals surface area contributed by atoms with E-state index in [1.165, 1.54) is 7.11 Å². The summed E-state index contributed by atoms with van der Waals surface area (Å²) in [5.41, 5.74) is 0. The second-order valence-electron chi connectivity index (χ2n) is 2.90. The van der Waals surface area contributed by atoms with E-state index in [4.69, 9.17) is 6.42 Å². The average molecular weight is 152 g/mol. The molecule has 0 aliphatic heterocycles. The third-order valence-electron chi connectivity index (χ3n) is 2.20. The zero-order chi connectivity index (χ0) is 8.27. The van der Waals surface area contributed by atoms with Gasteiger partial charge in [-0.15, -0.1) is 12.3 Å². The lowest BCUT2D eigenvalue weighted by atomic mass is 10.1. The van der Waals surface area contributed by atoms with Gasteiger partial charge in [0.2, 0.25) is 0 Å². The van der Waals surface area contributed by atoms with Crippen LogP contribution in [-0.2, 0) is 9.53 Å². The fraction of sp³-hybridized carbons (Fsp3) is 0.667. The van der Waals surface area contributed by atoms with Gasteiger partial charge in [0.25, 0.3) is 0 Å². The molecule has 0 saturated heterocycles. The molecule has 60 valence electrons. The predicted octanol–water partition coefficient (Wildman–Crippen LogP) is 1.21. The fourth-order valence-electron chi connectivity index (χ4n) is 1.51. The summed E-state index contributed by atoms with van der Waals surface area (Å²) in [5.74, 6) is 2.90. The SMILES string of the molecule is C#CC1CCC(C(=O)OC)C1. The van der Waals surface area contributed by atoms with Gasteiger partial charge in [0, 0.05) is 5.92 Å². The van der Waals surface area contributed by atoms with Crippen LogP contribution in [0.25, 0.3) is 0 Å². The number of carbonyl (C=O) groups excluding carboxylic acids is 1. The lowest BCUT2D eigenvalue weighted by molar-refractivity contribution is -0.145. The zero-order valence-corrected chi connectivity index (χ0v) is 6.67. The van der Waals surface area contributed by atoms with Gasteiger partial charge in [-0.25, -0.2) is 0 Å². The summed E-state index contributed by atoms with van der Waals surface area (Å²) in [6.07, 6.45) is 7.90. The summed E-state index contributed by atoms with van der Waals surface area (Å²) in [6.45, 7) is 0. The Labute approximate surface area is 66.9 Å². The van der Waals surface area contributed by atoms with Gasteiger partial charge < -0.3 is 4.74 Å². The number of terminal acetylenes is 1. The smallest absolute Gasteiger partial charge is 0.308 e. The molecule has 1 aliphatic rings. The third-order valence-corrected chi connectivity index (χ3v) is 2.20. The standard InChI is InChI=1S/C9H12O2/c1-3-7-4-5-8(6-7)9(10)11-2/h1,7-8H,4-6H2,2H3. The minimum absolute atomic E-state index is 0.0565. The Bertz CT molecular complexity index is 190. The van der Waals surface area contributed by atoms with Gasteiger partial charge in [0.15, 0.2) is 0 Å². The second kappa shape index (κ2) is 3.43. The molecule has 0 aromatic carbocycles. The number of rotatable bonds is 1. The largest absolute Gasteiger partial charge is 0.469 e. The Kier molecular flexibility index (Phi) is 2.53. The van der Waals surface area contributed by atoms with Gasteiger partial charge in [-0.1, -0.05) is 0 Å². The van der Waals surface area contributed by atoms with Crippen molar-refractivity contribution in [1.82, 2.24) is 0 Å². The predicted molar refractivity (Wildman–Crippen MR) is 41.7 cm³/mol. The first-order chi connectivity index (χ1) is 5.27. The first-order valence-corrected chi connectivity index (χ1v) is 3.82. The van der Waals surface area contributed by atoms with Crippen molar-refractivity contribution in [1.29, 1.82) is 0 Å². The Morgan fingerprint density at radius 2 is 2.36 bits per heavy atom. The lowest BCUT2D eigenvalue weighted by Gasteiger charge is -2.04. The molecule has 2 heteroatoms. The summed E-state index contributed by atoms with van der Waals surface area (Å²) < 4.78 is 4.62. The molecule has 0 heterocycles. The van der Waals surface area contributed by atoms with E-state index in [9.17, 15) is 4.79 Å². The highest BCUT2D eigenvalue weighted by Gasteiger charge is 2.29. The van der Waals surface area contributed by atoms with Crippen molar-refractivity contribution in [2.24, 2.45) is 11.8 Å². The van der Waals surface area contributed by atoms with Gasteiger partial charge >= 0.3 is 5.97 Å². The summed E-state index contributed by atoms with van der Waals surface area (Å²) in [7, 11) is 1.42. The summed E-state index contributed by atoms with van der Waals surface area (Å²) in [5, 5.41) is 0. The lowest BCUT2D eigenvalue weighted by Crippen LogP contribution is -2.12. The van der Waals surface area contributed by atoms with E-state index in [0.717, 1.165) is 19.3 Å². The molecule has 2 nitrogen and oxygen atoms in total. The van der Waals surface area contributed by atoms with Crippen molar-refractivity contribution >= 4 is 5.97 Å². The minimum Gasteiger partial charge on any atom is -0.469 e. The monoisotopic (exact) mass is 152 g/mol. The quantitative estimate of drug-likeness (QED) is 0.417. The Morgan fingerprint density at radius 3 is 2.82 bits per heavy atom. The molecular weight excluding hydrogens is 140 g/mol. The van der Waals surface area contributed by atoms with E-state index >= 15 is 0 Å². The fourth-order valence-corrected chi connectivity index (χ4v) is 1.51. The van der Waals surface area contributed by atoms with E-state index in [1.54, 1.807) is 0 Å². The van der Waals surface area contributed by atoms with Gasteiger partial charge in [-0.2, -0.15) is 0 Å². The first-order valence-electron chi connectivity index (χ1n) is 3.82. The van der Waals surface area contributed by atoms with Gasteiger partial charge in [0.05, 0.1) is 13.0 Å². The molecule has 0 aromatic rings. The molecule has 11 heavy (non-hydrogen) atoms. The van der Waals surface area contributed by atoms with Crippen molar-refractivity contribution in [3.8, 4) is 12.3 Å². The highest BCUT2D eigenvalue weighted by molar-refractivity contribution is 5.72. The number of ether oxygens (including phenoxy) is 1. The minimum atomic E-state index is -0.109. The van der Waals surface area contributed by atoms with Crippen LogP contribution >= 0.6 is 0 Å². The molecule has 2 unspecified atom stereocenters. The van der Waals surface area contributed by atoms with Crippen LogP contribution in [0.4, 0.5) is 0 Å². The number of hydrogen-bond acceptors (Lipinski definition) is 2. The van der Waals surface area contributed by atoms with E-state index in [-0.39, 0.29) is 11.9 Å². The summed E-state index contributed by atoms with van der Waals surface area (Å²) in [6, 6.07) is 0. The molecule has 1 fully saturated rings. The number of esters is 1. The van der Waals surface area contributed by atoms with E-state index in [0.29, 0.717) is 5.92 Å². The van der Waals surface area contributed by atoms with Crippen LogP contribution in [0, 0.1) is 24.2 Å². The van der Waals surface area contributed by atoms with Crippen molar-refractivity contribution < 1.29 is 9.53 Å². The Balaban J connectivity index is 2.43. The molecule has 1 saturated carbocycles. The van der Waals surface area contributed by atoms with Crippen LogP contribution in [-0.4, -0.2) is 13.1 Å². The van der Waals surface area contributed by atoms with Crippen LogP contribution in [0.1, 0.15) is 19.3 Å². The van der Waals surface area contributed by atoms with Crippen LogP contribution < -0.4 is 0 Å². The maximum absolute atomic E-state index is 11.0. The van der Waals surface area contributed by atoms with Gasteiger partial charge in [-0.3, -0.25) is 4.79 Å². The first kappa shape index (κ1) is 8.13. The molecule has 0 spiro atoms. The molecule has 0 aromatic heterocycles. The topological polar surface area (TPSA) is 26.3 Å². The molecule has 0 amide bonds. The molecule has 1 aliphatic carbocycles. The maximum Gasteiger partial charge on any atom is 0.308 e. The van der Waals surface area contributed by atoms with Crippen molar-refractivity contribution in [2.45, 2.75) is 19.3 Å². The van der Waals surface area contributed by atoms with Gasteiger partial charge in [0.1, 0.15) is 0 Å². The number of hydrogen-bond donors (Lipinski definition) is 0. The zero-order valence-electron chi connectivity index (χ0n) is 6.67. The molecular formula is C9H12O2. The van der Waals surface area contributed by atoms with Crippen molar-refractivity contribution in [3.63, 3.8) is 0 Å². The van der Waals surface area contributed by atoms with Crippen LogP contribution in [0.2, 0.25) is 0 Å². The molecule has 1 rings (SSSR count). The third kappa shape index (κ3) is 1.74. The Morgan fingerprint density at radius 1 is 1.64 bits per heavy atom. The van der Waals surface area contributed by atoms with E-state index in [1.807, 2.05) is 0 Å². The average Bonchev–Trinajstić information content (AvgIpc) is 2.50. The summed E-state index contributed by atoms with van der Waals surface area (Å²) in [4.78, 5) is 11.0. The molecule has 0 bridgehead atoms. The highest BCUT2D eigenvalue weighted by Crippen LogP contribution is 2.30. The molecule has 2 atom stereocenters. The maximum atomic E-state index is 11.0. The van der Waals surface area contributed by atoms with Crippen molar-refractivity contribution in [3.05, 3.63) is 0 Å². The van der Waals surface area contributed by atoms with Crippen LogP contribution in [0.15, 0.2) is 0 Å². The molecule has 0 N–H and O–H groups in total. The van der Waals surface area contributed by atoms with Crippen molar-refractivity contribution in [2.75, 3.05) is 7.11 Å².